The van der Waals surface area contributed by atoms with E-state index in [4.69, 9.17) is 0 Å². The van der Waals surface area contributed by atoms with E-state index >= 15 is 0 Å². The van der Waals surface area contributed by atoms with Crippen LogP contribution in [-0.2, 0) is 7.05 Å². The van der Waals surface area contributed by atoms with Gasteiger partial charge in [-0.1, -0.05) is 23.5 Å². The first kappa shape index (κ1) is 13.3. The van der Waals surface area contributed by atoms with E-state index in [2.05, 4.69) is 25.5 Å². The number of thioether (sulfide) groups is 2. The van der Waals surface area contributed by atoms with Gasteiger partial charge in [0.25, 0.3) is 0 Å². The topological polar surface area (TPSA) is 69.4 Å². The maximum absolute atomic E-state index is 4.34. The molecule has 0 aliphatic rings. The summed E-state index contributed by atoms with van der Waals surface area (Å²) in [5.74, 6) is 1.99. The molecule has 2 aromatic rings. The standard InChI is InChI=1S/C10H14N6S2/c1-8-4-5-11-9(12-8)17-6-3-7-18-10-13-14-15-16(10)2/h4-5H,3,6-7H2,1-2H3. The van der Waals surface area contributed by atoms with Crippen LogP contribution < -0.4 is 0 Å². The normalized spacial score (nSPS) is 10.8. The van der Waals surface area contributed by atoms with Gasteiger partial charge < -0.3 is 0 Å². The Hall–Kier alpha value is -1.15. The predicted molar refractivity (Wildman–Crippen MR) is 71.6 cm³/mol. The lowest BCUT2D eigenvalue weighted by Gasteiger charge is -2.01. The van der Waals surface area contributed by atoms with Crippen LogP contribution in [0.2, 0.25) is 0 Å². The van der Waals surface area contributed by atoms with Crippen molar-refractivity contribution in [3.63, 3.8) is 0 Å². The van der Waals surface area contributed by atoms with Gasteiger partial charge in [0, 0.05) is 30.4 Å². The summed E-state index contributed by atoms with van der Waals surface area (Å²) < 4.78 is 1.68. The van der Waals surface area contributed by atoms with Crippen LogP contribution in [0.4, 0.5) is 0 Å². The van der Waals surface area contributed by atoms with Crippen molar-refractivity contribution in [2.45, 2.75) is 23.7 Å². The lowest BCUT2D eigenvalue weighted by molar-refractivity contribution is 0.664. The molecule has 0 amide bonds. The monoisotopic (exact) mass is 282 g/mol. The molecule has 8 heteroatoms. The van der Waals surface area contributed by atoms with Gasteiger partial charge in [-0.3, -0.25) is 0 Å². The number of rotatable bonds is 6. The van der Waals surface area contributed by atoms with Crippen molar-refractivity contribution in [2.75, 3.05) is 11.5 Å². The molecule has 0 aliphatic carbocycles. The van der Waals surface area contributed by atoms with Crippen LogP contribution in [0.3, 0.4) is 0 Å². The fourth-order valence-electron chi connectivity index (χ4n) is 1.22. The van der Waals surface area contributed by atoms with Crippen molar-refractivity contribution in [1.29, 1.82) is 0 Å². The molecule has 0 aromatic carbocycles. The molecule has 2 aromatic heterocycles. The second-order valence-electron chi connectivity index (χ2n) is 3.62. The number of aryl methyl sites for hydroxylation is 2. The molecule has 0 saturated heterocycles. The van der Waals surface area contributed by atoms with Gasteiger partial charge in [0.15, 0.2) is 5.16 Å². The molecule has 0 spiro atoms. The van der Waals surface area contributed by atoms with E-state index < -0.39 is 0 Å². The smallest absolute Gasteiger partial charge is 0.209 e. The minimum absolute atomic E-state index is 0.848. The second-order valence-corrected chi connectivity index (χ2v) is 5.74. The number of nitrogens with zero attached hydrogens (tertiary/aromatic N) is 6. The predicted octanol–water partition coefficient (Wildman–Crippen LogP) is 1.58. The van der Waals surface area contributed by atoms with E-state index in [1.807, 2.05) is 20.0 Å². The molecule has 6 nitrogen and oxygen atoms in total. The molecule has 18 heavy (non-hydrogen) atoms. The number of aromatic nitrogens is 6. The molecule has 0 atom stereocenters. The summed E-state index contributed by atoms with van der Waals surface area (Å²) >= 11 is 3.35. The minimum atomic E-state index is 0.848. The molecule has 0 N–H and O–H groups in total. The van der Waals surface area contributed by atoms with Gasteiger partial charge in [-0.25, -0.2) is 14.6 Å². The SMILES string of the molecule is Cc1ccnc(SCCCSc2nnnn2C)n1. The molecule has 96 valence electrons. The van der Waals surface area contributed by atoms with Crippen LogP contribution in [0.1, 0.15) is 12.1 Å². The van der Waals surface area contributed by atoms with Crippen molar-refractivity contribution >= 4 is 23.5 Å². The summed E-state index contributed by atoms with van der Waals surface area (Å²) in [7, 11) is 1.84. The van der Waals surface area contributed by atoms with Gasteiger partial charge in [0.2, 0.25) is 5.16 Å². The molecule has 2 rings (SSSR count). The second kappa shape index (κ2) is 6.69. The van der Waals surface area contributed by atoms with E-state index in [0.29, 0.717) is 0 Å². The van der Waals surface area contributed by atoms with E-state index in [-0.39, 0.29) is 0 Å². The summed E-state index contributed by atoms with van der Waals surface area (Å²) in [6, 6.07) is 1.90. The van der Waals surface area contributed by atoms with Crippen LogP contribution in [0.15, 0.2) is 22.6 Å². The molecule has 0 aliphatic heterocycles. The number of hydrogen-bond acceptors (Lipinski definition) is 7. The molecule has 2 heterocycles. The summed E-state index contributed by atoms with van der Waals surface area (Å²) in [5.41, 5.74) is 1.01. The molecule has 0 unspecified atom stereocenters. The average Bonchev–Trinajstić information content (AvgIpc) is 2.75. The van der Waals surface area contributed by atoms with Gasteiger partial charge in [-0.05, 0) is 29.8 Å². The Kier molecular flexibility index (Phi) is 4.94. The quantitative estimate of drug-likeness (QED) is 0.452. The van der Waals surface area contributed by atoms with Crippen molar-refractivity contribution < 1.29 is 0 Å². The lowest BCUT2D eigenvalue weighted by atomic mass is 10.5. The van der Waals surface area contributed by atoms with Crippen LogP contribution >= 0.6 is 23.5 Å². The fraction of sp³-hybridized carbons (Fsp3) is 0.500. The molecule has 0 fully saturated rings. The maximum Gasteiger partial charge on any atom is 0.209 e. The highest BCUT2D eigenvalue weighted by atomic mass is 32.2. The molecular formula is C10H14N6S2. The molecule has 0 bridgehead atoms. The zero-order valence-corrected chi connectivity index (χ0v) is 11.9. The molecule has 0 saturated carbocycles. The minimum Gasteiger partial charge on any atom is -0.231 e. The van der Waals surface area contributed by atoms with Crippen LogP contribution in [0.25, 0.3) is 0 Å². The highest BCUT2D eigenvalue weighted by Crippen LogP contribution is 2.18. The van der Waals surface area contributed by atoms with Crippen LogP contribution in [0, 0.1) is 6.92 Å². The van der Waals surface area contributed by atoms with Gasteiger partial charge in [-0.15, -0.1) is 5.10 Å². The first-order valence-electron chi connectivity index (χ1n) is 5.53. The Morgan fingerprint density at radius 2 is 2.11 bits per heavy atom. The van der Waals surface area contributed by atoms with E-state index in [1.54, 1.807) is 34.4 Å². The Bertz CT molecular complexity index is 501. The maximum atomic E-state index is 4.34. The summed E-state index contributed by atoms with van der Waals surface area (Å²) in [5, 5.41) is 13.0. The highest BCUT2D eigenvalue weighted by Gasteiger charge is 2.02. The van der Waals surface area contributed by atoms with Gasteiger partial charge in [-0.2, -0.15) is 0 Å². The van der Waals surface area contributed by atoms with Crippen molar-refractivity contribution in [1.82, 2.24) is 30.2 Å². The van der Waals surface area contributed by atoms with Crippen LogP contribution in [0.5, 0.6) is 0 Å². The van der Waals surface area contributed by atoms with Gasteiger partial charge in [0.05, 0.1) is 0 Å². The summed E-state index contributed by atoms with van der Waals surface area (Å²) in [6.45, 7) is 1.97. The van der Waals surface area contributed by atoms with E-state index in [1.165, 1.54) is 0 Å². The van der Waals surface area contributed by atoms with Crippen molar-refractivity contribution in [2.24, 2.45) is 7.05 Å². The van der Waals surface area contributed by atoms with E-state index in [9.17, 15) is 0 Å². The number of tetrazole rings is 1. The molecular weight excluding hydrogens is 268 g/mol. The van der Waals surface area contributed by atoms with Crippen LogP contribution in [-0.4, -0.2) is 41.7 Å². The Balaban J connectivity index is 1.66. The largest absolute Gasteiger partial charge is 0.231 e. The van der Waals surface area contributed by atoms with Gasteiger partial charge in [0.1, 0.15) is 0 Å². The Morgan fingerprint density at radius 1 is 1.28 bits per heavy atom. The first-order valence-corrected chi connectivity index (χ1v) is 7.50. The van der Waals surface area contributed by atoms with Gasteiger partial charge >= 0.3 is 0 Å². The first-order chi connectivity index (χ1) is 8.75. The summed E-state index contributed by atoms with van der Waals surface area (Å²) in [6.07, 6.45) is 2.87. The summed E-state index contributed by atoms with van der Waals surface area (Å²) in [4.78, 5) is 8.55. The zero-order valence-electron chi connectivity index (χ0n) is 10.3. The van der Waals surface area contributed by atoms with Crippen molar-refractivity contribution in [3.05, 3.63) is 18.0 Å². The third-order valence-electron chi connectivity index (χ3n) is 2.10. The van der Waals surface area contributed by atoms with Crippen molar-refractivity contribution in [3.8, 4) is 0 Å². The Morgan fingerprint density at radius 3 is 2.83 bits per heavy atom. The fourth-order valence-corrected chi connectivity index (χ4v) is 3.01. The molecule has 0 radical (unpaired) electrons. The van der Waals surface area contributed by atoms with E-state index in [0.717, 1.165) is 33.9 Å². The zero-order chi connectivity index (χ0) is 12.8. The highest BCUT2D eigenvalue weighted by molar-refractivity contribution is 8.00. The average molecular weight is 282 g/mol. The number of hydrogen-bond donors (Lipinski definition) is 0. The third-order valence-corrected chi connectivity index (χ3v) is 4.15. The third kappa shape index (κ3) is 3.95. The Labute approximate surface area is 114 Å². The lowest BCUT2D eigenvalue weighted by Crippen LogP contribution is -1.95.